The molecule has 30 heavy (non-hydrogen) atoms. The molecule has 1 heterocycles. The Labute approximate surface area is 184 Å². The maximum Gasteiger partial charge on any atom is 0.203 e. The Balaban J connectivity index is 1.41. The van der Waals surface area contributed by atoms with Crippen LogP contribution in [0, 0.1) is 6.92 Å². The van der Waals surface area contributed by atoms with Gasteiger partial charge in [0.15, 0.2) is 0 Å². The average Bonchev–Trinajstić information content (AvgIpc) is 3.23. The van der Waals surface area contributed by atoms with Crippen molar-refractivity contribution < 1.29 is 4.74 Å². The summed E-state index contributed by atoms with van der Waals surface area (Å²) in [6, 6.07) is 23.7. The van der Waals surface area contributed by atoms with E-state index in [4.69, 9.17) is 16.3 Å². The smallest absolute Gasteiger partial charge is 0.203 e. The van der Waals surface area contributed by atoms with Gasteiger partial charge in [0.1, 0.15) is 12.4 Å². The number of aryl methyl sites for hydroxylation is 1. The van der Waals surface area contributed by atoms with Crippen molar-refractivity contribution in [2.75, 3.05) is 5.43 Å². The topological polar surface area (TPSA) is 46.5 Å². The quantitative estimate of drug-likeness (QED) is 0.257. The Bertz CT molecular complexity index is 1160. The molecule has 0 aliphatic rings. The predicted octanol–water partition coefficient (Wildman–Crippen LogP) is 6.80. The molecule has 1 aromatic heterocycles. The maximum atomic E-state index is 6.21. The molecule has 0 spiro atoms. The molecule has 0 unspecified atom stereocenters. The number of hydrazone groups is 1. The number of rotatable bonds is 7. The number of nitrogens with zero attached hydrogens (tertiary/aromatic N) is 2. The van der Waals surface area contributed by atoms with Gasteiger partial charge in [0.25, 0.3) is 0 Å². The molecule has 0 saturated heterocycles. The van der Waals surface area contributed by atoms with Gasteiger partial charge < -0.3 is 4.74 Å². The first-order valence-electron chi connectivity index (χ1n) is 9.46. The lowest BCUT2D eigenvalue weighted by Crippen LogP contribution is -1.99. The van der Waals surface area contributed by atoms with Crippen LogP contribution >= 0.6 is 22.9 Å². The van der Waals surface area contributed by atoms with Crippen molar-refractivity contribution >= 4 is 34.3 Å². The molecule has 4 rings (SSSR count). The van der Waals surface area contributed by atoms with Crippen LogP contribution in [-0.2, 0) is 6.61 Å². The third kappa shape index (κ3) is 5.06. The van der Waals surface area contributed by atoms with Crippen molar-refractivity contribution in [1.82, 2.24) is 4.98 Å². The molecule has 0 radical (unpaired) electrons. The lowest BCUT2D eigenvalue weighted by atomic mass is 10.1. The highest BCUT2D eigenvalue weighted by Gasteiger charge is 2.05. The van der Waals surface area contributed by atoms with Gasteiger partial charge in [-0.2, -0.15) is 5.10 Å². The normalized spacial score (nSPS) is 11.0. The molecule has 0 fully saturated rings. The van der Waals surface area contributed by atoms with Gasteiger partial charge in [0.2, 0.25) is 5.13 Å². The van der Waals surface area contributed by atoms with Crippen LogP contribution in [0.15, 0.2) is 83.3 Å². The molecule has 0 aliphatic carbocycles. The van der Waals surface area contributed by atoms with Gasteiger partial charge in [-0.25, -0.2) is 4.98 Å². The molecule has 0 saturated carbocycles. The van der Waals surface area contributed by atoms with Gasteiger partial charge in [0.05, 0.1) is 11.9 Å². The number of hydrogen-bond acceptors (Lipinski definition) is 5. The van der Waals surface area contributed by atoms with E-state index in [0.29, 0.717) is 11.6 Å². The van der Waals surface area contributed by atoms with Crippen LogP contribution in [0.4, 0.5) is 5.13 Å². The minimum absolute atomic E-state index is 0.393. The highest BCUT2D eigenvalue weighted by molar-refractivity contribution is 7.14. The molecule has 4 nitrogen and oxygen atoms in total. The van der Waals surface area contributed by atoms with E-state index in [1.165, 1.54) is 16.9 Å². The van der Waals surface area contributed by atoms with Crippen molar-refractivity contribution in [2.24, 2.45) is 5.10 Å². The molecule has 150 valence electrons. The van der Waals surface area contributed by atoms with Gasteiger partial charge in [-0.1, -0.05) is 71.8 Å². The van der Waals surface area contributed by atoms with E-state index in [1.54, 1.807) is 6.21 Å². The number of halogens is 1. The Morgan fingerprint density at radius 1 is 1.03 bits per heavy atom. The monoisotopic (exact) mass is 433 g/mol. The highest BCUT2D eigenvalue weighted by atomic mass is 35.5. The van der Waals surface area contributed by atoms with Crippen LogP contribution in [0.1, 0.15) is 16.7 Å². The van der Waals surface area contributed by atoms with Crippen molar-refractivity contribution in [1.29, 1.82) is 0 Å². The Morgan fingerprint density at radius 2 is 1.80 bits per heavy atom. The first-order valence-corrected chi connectivity index (χ1v) is 10.7. The van der Waals surface area contributed by atoms with E-state index < -0.39 is 0 Å². The van der Waals surface area contributed by atoms with Gasteiger partial charge in [-0.3, -0.25) is 5.43 Å². The third-order valence-electron chi connectivity index (χ3n) is 4.48. The molecule has 0 atom stereocenters. The van der Waals surface area contributed by atoms with Crippen LogP contribution in [0.5, 0.6) is 5.75 Å². The second-order valence-electron chi connectivity index (χ2n) is 6.69. The molecular formula is C24H20ClN3OS. The number of benzene rings is 3. The second kappa shape index (κ2) is 9.57. The van der Waals surface area contributed by atoms with Crippen LogP contribution in [0.2, 0.25) is 5.02 Å². The predicted molar refractivity (Wildman–Crippen MR) is 126 cm³/mol. The van der Waals surface area contributed by atoms with Crippen LogP contribution in [0.3, 0.4) is 0 Å². The fourth-order valence-electron chi connectivity index (χ4n) is 2.83. The number of anilines is 1. The van der Waals surface area contributed by atoms with E-state index in [-0.39, 0.29) is 0 Å². The number of nitrogens with one attached hydrogen (secondary N) is 1. The summed E-state index contributed by atoms with van der Waals surface area (Å²) >= 11 is 7.73. The summed E-state index contributed by atoms with van der Waals surface area (Å²) < 4.78 is 5.96. The fourth-order valence-corrected chi connectivity index (χ4v) is 3.69. The van der Waals surface area contributed by atoms with E-state index in [9.17, 15) is 0 Å². The molecule has 0 bridgehead atoms. The highest BCUT2D eigenvalue weighted by Crippen LogP contribution is 2.25. The molecule has 0 aliphatic heterocycles. The summed E-state index contributed by atoms with van der Waals surface area (Å²) in [4.78, 5) is 4.60. The minimum Gasteiger partial charge on any atom is -0.488 e. The van der Waals surface area contributed by atoms with E-state index in [0.717, 1.165) is 33.3 Å². The number of thiazole rings is 1. The fraction of sp³-hybridized carbons (Fsp3) is 0.0833. The van der Waals surface area contributed by atoms with Gasteiger partial charge in [-0.15, -0.1) is 11.3 Å². The molecular weight excluding hydrogens is 414 g/mol. The van der Waals surface area contributed by atoms with Crippen molar-refractivity contribution in [2.45, 2.75) is 13.5 Å². The SMILES string of the molecule is Cc1ccc(-c2csc(N/N=C/c3ccccc3OCc3ccccc3Cl)n2)cc1. The van der Waals surface area contributed by atoms with Crippen molar-refractivity contribution in [3.05, 3.63) is 99.9 Å². The maximum absolute atomic E-state index is 6.21. The summed E-state index contributed by atoms with van der Waals surface area (Å²) in [6.07, 6.45) is 1.73. The van der Waals surface area contributed by atoms with E-state index >= 15 is 0 Å². The zero-order valence-corrected chi connectivity index (χ0v) is 18.0. The number of para-hydroxylation sites is 1. The second-order valence-corrected chi connectivity index (χ2v) is 7.96. The lowest BCUT2D eigenvalue weighted by Gasteiger charge is -2.10. The lowest BCUT2D eigenvalue weighted by molar-refractivity contribution is 0.306. The molecule has 6 heteroatoms. The van der Waals surface area contributed by atoms with Crippen molar-refractivity contribution in [3.63, 3.8) is 0 Å². The summed E-state index contributed by atoms with van der Waals surface area (Å²) in [5.41, 5.74) is 8.06. The molecule has 0 amide bonds. The third-order valence-corrected chi connectivity index (χ3v) is 5.59. The zero-order chi connectivity index (χ0) is 20.8. The number of ether oxygens (including phenoxy) is 1. The zero-order valence-electron chi connectivity index (χ0n) is 16.4. The molecule has 1 N–H and O–H groups in total. The minimum atomic E-state index is 0.393. The van der Waals surface area contributed by atoms with Crippen LogP contribution in [-0.4, -0.2) is 11.2 Å². The van der Waals surface area contributed by atoms with Crippen LogP contribution < -0.4 is 10.2 Å². The standard InChI is InChI=1S/C24H20ClN3OS/c1-17-10-12-18(13-11-17)22-16-30-24(27-22)28-26-14-19-6-3-5-9-23(19)29-15-20-7-2-4-8-21(20)25/h2-14,16H,15H2,1H3,(H,27,28)/b26-14+. The summed E-state index contributed by atoms with van der Waals surface area (Å²) in [5.74, 6) is 0.738. The largest absolute Gasteiger partial charge is 0.488 e. The Morgan fingerprint density at radius 3 is 2.63 bits per heavy atom. The molecule has 4 aromatic rings. The molecule has 3 aromatic carbocycles. The van der Waals surface area contributed by atoms with Gasteiger partial charge in [0, 0.05) is 27.1 Å². The van der Waals surface area contributed by atoms with Gasteiger partial charge in [-0.05, 0) is 25.1 Å². The van der Waals surface area contributed by atoms with Crippen LogP contribution in [0.25, 0.3) is 11.3 Å². The van der Waals surface area contributed by atoms with E-state index in [2.05, 4.69) is 46.7 Å². The summed E-state index contributed by atoms with van der Waals surface area (Å²) in [6.45, 7) is 2.47. The summed E-state index contributed by atoms with van der Waals surface area (Å²) in [7, 11) is 0. The van der Waals surface area contributed by atoms with Gasteiger partial charge >= 0.3 is 0 Å². The first kappa shape index (κ1) is 20.1. The number of hydrogen-bond donors (Lipinski definition) is 1. The summed E-state index contributed by atoms with van der Waals surface area (Å²) in [5, 5.41) is 7.78. The van der Waals surface area contributed by atoms with E-state index in [1.807, 2.05) is 53.9 Å². The first-order chi connectivity index (χ1) is 14.7. The van der Waals surface area contributed by atoms with Crippen molar-refractivity contribution in [3.8, 4) is 17.0 Å². The average molecular weight is 434 g/mol. The Hall–Kier alpha value is -3.15. The number of aromatic nitrogens is 1. The Kier molecular flexibility index (Phi) is 6.42.